The Morgan fingerprint density at radius 2 is 2.05 bits per heavy atom. The van der Waals surface area contributed by atoms with Crippen LogP contribution in [0.4, 0.5) is 5.69 Å². The first-order valence-corrected chi connectivity index (χ1v) is 7.35. The Morgan fingerprint density at radius 3 is 2.71 bits per heavy atom. The molecule has 0 heterocycles. The summed E-state index contributed by atoms with van der Waals surface area (Å²) < 4.78 is 5.33. The van der Waals surface area contributed by atoms with Crippen molar-refractivity contribution in [2.75, 3.05) is 19.0 Å². The Labute approximate surface area is 135 Å². The highest BCUT2D eigenvalue weighted by molar-refractivity contribution is 7.80. The number of hydrogen-bond donors (Lipinski definition) is 2. The van der Waals surface area contributed by atoms with Gasteiger partial charge in [-0.3, -0.25) is 0 Å². The van der Waals surface area contributed by atoms with Gasteiger partial charge in [0.05, 0.1) is 12.1 Å². The number of halogens is 1. The van der Waals surface area contributed by atoms with E-state index in [2.05, 4.69) is 11.4 Å². The number of para-hydroxylation sites is 1. The lowest BCUT2D eigenvalue weighted by molar-refractivity contribution is 0.410. The summed E-state index contributed by atoms with van der Waals surface area (Å²) in [5, 5.41) is 3.89. The second-order valence-corrected chi connectivity index (χ2v) is 5.39. The van der Waals surface area contributed by atoms with Crippen molar-refractivity contribution in [1.82, 2.24) is 0 Å². The maximum atomic E-state index is 6.14. The van der Waals surface area contributed by atoms with E-state index in [4.69, 9.17) is 34.3 Å². The fraction of sp³-hybridized carbons (Fsp3) is 0.188. The number of ether oxygens (including phenoxy) is 1. The van der Waals surface area contributed by atoms with Gasteiger partial charge >= 0.3 is 0 Å². The molecule has 0 amide bonds. The number of thiocarbonyl (C=S) groups is 1. The van der Waals surface area contributed by atoms with Gasteiger partial charge in [-0.05, 0) is 36.2 Å². The molecular weight excluding hydrogens is 304 g/mol. The van der Waals surface area contributed by atoms with Gasteiger partial charge < -0.3 is 15.8 Å². The summed E-state index contributed by atoms with van der Waals surface area (Å²) >= 11 is 11.1. The Bertz CT molecular complexity index is 646. The van der Waals surface area contributed by atoms with Gasteiger partial charge in [-0.1, -0.05) is 42.0 Å². The van der Waals surface area contributed by atoms with E-state index in [1.54, 1.807) is 7.11 Å². The third kappa shape index (κ3) is 4.09. The van der Waals surface area contributed by atoms with Crippen LogP contribution in [0.1, 0.15) is 11.1 Å². The van der Waals surface area contributed by atoms with Crippen LogP contribution in [0, 0.1) is 0 Å². The summed E-state index contributed by atoms with van der Waals surface area (Å²) in [4.78, 5) is 0.306. The number of methoxy groups -OCH3 is 1. The van der Waals surface area contributed by atoms with Gasteiger partial charge in [0.2, 0.25) is 0 Å². The molecule has 110 valence electrons. The summed E-state index contributed by atoms with van der Waals surface area (Å²) in [6, 6.07) is 13.6. The predicted octanol–water partition coefficient (Wildman–Crippen LogP) is 3.64. The molecule has 5 heteroatoms. The molecule has 0 aliphatic heterocycles. The zero-order valence-corrected chi connectivity index (χ0v) is 13.3. The molecule has 0 saturated heterocycles. The summed E-state index contributed by atoms with van der Waals surface area (Å²) in [6.07, 6.45) is 0.860. The molecule has 0 spiro atoms. The molecule has 0 fully saturated rings. The SMILES string of the molecule is COc1ccccc1CCNc1ccc(C(N)=S)c(Cl)c1. The highest BCUT2D eigenvalue weighted by atomic mass is 35.5. The van der Waals surface area contributed by atoms with E-state index in [1.165, 1.54) is 5.56 Å². The molecule has 0 bridgehead atoms. The van der Waals surface area contributed by atoms with Crippen molar-refractivity contribution >= 4 is 34.5 Å². The molecule has 2 aromatic carbocycles. The monoisotopic (exact) mass is 320 g/mol. The van der Waals surface area contributed by atoms with E-state index in [9.17, 15) is 0 Å². The Morgan fingerprint density at radius 1 is 1.29 bits per heavy atom. The molecular formula is C16H17ClN2OS. The lowest BCUT2D eigenvalue weighted by Crippen LogP contribution is -2.11. The van der Waals surface area contributed by atoms with Crippen LogP contribution in [0.25, 0.3) is 0 Å². The van der Waals surface area contributed by atoms with Crippen LogP contribution in [0.15, 0.2) is 42.5 Å². The van der Waals surface area contributed by atoms with Crippen LogP contribution in [0.3, 0.4) is 0 Å². The largest absolute Gasteiger partial charge is 0.496 e. The maximum Gasteiger partial charge on any atom is 0.122 e. The van der Waals surface area contributed by atoms with E-state index in [0.717, 1.165) is 24.4 Å². The fourth-order valence-electron chi connectivity index (χ4n) is 2.08. The average molecular weight is 321 g/mol. The van der Waals surface area contributed by atoms with Gasteiger partial charge in [0.15, 0.2) is 0 Å². The summed E-state index contributed by atoms with van der Waals surface area (Å²) in [5.41, 5.74) is 8.39. The first-order valence-electron chi connectivity index (χ1n) is 6.57. The highest BCUT2D eigenvalue weighted by Gasteiger charge is 2.05. The zero-order valence-electron chi connectivity index (χ0n) is 11.7. The van der Waals surface area contributed by atoms with Crippen molar-refractivity contribution in [3.63, 3.8) is 0 Å². The molecule has 0 saturated carbocycles. The maximum absolute atomic E-state index is 6.14. The molecule has 0 radical (unpaired) electrons. The Hall–Kier alpha value is -1.78. The Balaban J connectivity index is 1.97. The molecule has 0 unspecified atom stereocenters. The lowest BCUT2D eigenvalue weighted by atomic mass is 10.1. The summed E-state index contributed by atoms with van der Waals surface area (Å²) in [5.74, 6) is 0.904. The second kappa shape index (κ2) is 7.29. The number of nitrogens with one attached hydrogen (secondary N) is 1. The van der Waals surface area contributed by atoms with Crippen LogP contribution in [-0.4, -0.2) is 18.6 Å². The topological polar surface area (TPSA) is 47.3 Å². The van der Waals surface area contributed by atoms with Crippen molar-refractivity contribution in [2.45, 2.75) is 6.42 Å². The van der Waals surface area contributed by atoms with Crippen molar-refractivity contribution in [3.8, 4) is 5.75 Å². The quantitative estimate of drug-likeness (QED) is 0.798. The van der Waals surface area contributed by atoms with Crippen LogP contribution in [0.2, 0.25) is 5.02 Å². The molecule has 0 aromatic heterocycles. The first kappa shape index (κ1) is 15.6. The van der Waals surface area contributed by atoms with Gasteiger partial charge in [-0.2, -0.15) is 0 Å². The van der Waals surface area contributed by atoms with Crippen molar-refractivity contribution in [2.24, 2.45) is 5.73 Å². The Kier molecular flexibility index (Phi) is 5.42. The van der Waals surface area contributed by atoms with Crippen molar-refractivity contribution in [3.05, 3.63) is 58.6 Å². The average Bonchev–Trinajstić information content (AvgIpc) is 2.47. The normalized spacial score (nSPS) is 10.2. The second-order valence-electron chi connectivity index (χ2n) is 4.55. The molecule has 3 nitrogen and oxygen atoms in total. The van der Waals surface area contributed by atoms with E-state index in [0.29, 0.717) is 15.6 Å². The van der Waals surface area contributed by atoms with E-state index >= 15 is 0 Å². The van der Waals surface area contributed by atoms with Gasteiger partial charge in [0, 0.05) is 17.8 Å². The zero-order chi connectivity index (χ0) is 15.2. The predicted molar refractivity (Wildman–Crippen MR) is 92.5 cm³/mol. The van der Waals surface area contributed by atoms with Crippen molar-refractivity contribution in [1.29, 1.82) is 0 Å². The van der Waals surface area contributed by atoms with Crippen molar-refractivity contribution < 1.29 is 4.74 Å². The molecule has 2 aromatic rings. The number of hydrogen-bond acceptors (Lipinski definition) is 3. The molecule has 0 atom stereocenters. The van der Waals surface area contributed by atoms with Gasteiger partial charge in [-0.15, -0.1) is 0 Å². The molecule has 3 N–H and O–H groups in total. The highest BCUT2D eigenvalue weighted by Crippen LogP contribution is 2.22. The van der Waals surface area contributed by atoms with Crippen LogP contribution in [-0.2, 0) is 6.42 Å². The number of benzene rings is 2. The van der Waals surface area contributed by atoms with Crippen LogP contribution < -0.4 is 15.8 Å². The molecule has 0 aliphatic carbocycles. The molecule has 0 aliphatic rings. The third-order valence-electron chi connectivity index (χ3n) is 3.15. The summed E-state index contributed by atoms with van der Waals surface area (Å²) in [6.45, 7) is 0.781. The van der Waals surface area contributed by atoms with E-state index < -0.39 is 0 Å². The first-order chi connectivity index (χ1) is 10.1. The van der Waals surface area contributed by atoms with Gasteiger partial charge in [-0.25, -0.2) is 0 Å². The minimum atomic E-state index is 0.306. The number of nitrogens with two attached hydrogens (primary N) is 1. The minimum Gasteiger partial charge on any atom is -0.496 e. The van der Waals surface area contributed by atoms with Crippen LogP contribution in [0.5, 0.6) is 5.75 Å². The number of rotatable bonds is 6. The van der Waals surface area contributed by atoms with Crippen LogP contribution >= 0.6 is 23.8 Å². The van der Waals surface area contributed by atoms with E-state index in [-0.39, 0.29) is 0 Å². The molecule has 21 heavy (non-hydrogen) atoms. The van der Waals surface area contributed by atoms with Gasteiger partial charge in [0.1, 0.15) is 10.7 Å². The molecule has 2 rings (SSSR count). The minimum absolute atomic E-state index is 0.306. The number of anilines is 1. The fourth-order valence-corrected chi connectivity index (χ4v) is 2.59. The lowest BCUT2D eigenvalue weighted by Gasteiger charge is -2.11. The smallest absolute Gasteiger partial charge is 0.122 e. The standard InChI is InChI=1S/C16H17ClN2OS/c1-20-15-5-3-2-4-11(15)8-9-19-12-6-7-13(16(18)21)14(17)10-12/h2-7,10,19H,8-9H2,1H3,(H2,18,21). The van der Waals surface area contributed by atoms with E-state index in [1.807, 2.05) is 36.4 Å². The summed E-state index contributed by atoms with van der Waals surface area (Å²) in [7, 11) is 1.68. The third-order valence-corrected chi connectivity index (χ3v) is 3.68. The van der Waals surface area contributed by atoms with Gasteiger partial charge in [0.25, 0.3) is 0 Å².